The van der Waals surface area contributed by atoms with E-state index in [1.807, 2.05) is 6.92 Å². The highest BCUT2D eigenvalue weighted by molar-refractivity contribution is 5.74. The Morgan fingerprint density at radius 3 is 2.64 bits per heavy atom. The average molecular weight is 504 g/mol. The molecule has 2 aromatic carbocycles. The highest BCUT2D eigenvalue weighted by Crippen LogP contribution is 2.57. The van der Waals surface area contributed by atoms with Gasteiger partial charge in [0.15, 0.2) is 0 Å². The molecule has 1 aromatic heterocycles. The molecule has 0 unspecified atom stereocenters. The van der Waals surface area contributed by atoms with Gasteiger partial charge in [-0.25, -0.2) is 4.39 Å². The molecule has 2 fully saturated rings. The largest absolute Gasteiger partial charge is 0.469 e. The van der Waals surface area contributed by atoms with Gasteiger partial charge in [0, 0.05) is 11.8 Å². The third kappa shape index (κ3) is 4.15. The molecule has 11 heteroatoms. The lowest BCUT2D eigenvalue weighted by Crippen LogP contribution is -2.35. The van der Waals surface area contributed by atoms with Crippen LogP contribution >= 0.6 is 0 Å². The minimum atomic E-state index is -4.70. The lowest BCUT2D eigenvalue weighted by molar-refractivity contribution is -0.147. The van der Waals surface area contributed by atoms with E-state index in [1.54, 1.807) is 30.3 Å². The van der Waals surface area contributed by atoms with Crippen LogP contribution < -0.4 is 0 Å². The van der Waals surface area contributed by atoms with Crippen LogP contribution in [0, 0.1) is 18.7 Å². The fourth-order valence-corrected chi connectivity index (χ4v) is 5.83. The molecule has 1 aliphatic carbocycles. The van der Waals surface area contributed by atoms with Crippen LogP contribution in [0.4, 0.5) is 17.6 Å². The number of hydrogen-bond acceptors (Lipinski definition) is 6. The summed E-state index contributed by atoms with van der Waals surface area (Å²) in [5, 5.41) is 9.88. The van der Waals surface area contributed by atoms with Crippen molar-refractivity contribution >= 4 is 5.97 Å². The number of carbonyl (C=O) groups excluding carboxylic acids is 1. The Balaban J connectivity index is 1.49. The second-order valence-corrected chi connectivity index (χ2v) is 9.43. The summed E-state index contributed by atoms with van der Waals surface area (Å²) in [6.07, 6.45) is -2.99. The van der Waals surface area contributed by atoms with E-state index in [1.165, 1.54) is 19.2 Å². The predicted octanol–water partition coefficient (Wildman–Crippen LogP) is 4.74. The fraction of sp³-hybridized carbons (Fsp3) is 0.440. The third-order valence-corrected chi connectivity index (χ3v) is 7.41. The number of esters is 1. The number of carbonyl (C=O) groups is 1. The highest BCUT2D eigenvalue weighted by atomic mass is 19.4. The van der Waals surface area contributed by atoms with E-state index >= 15 is 0 Å². The monoisotopic (exact) mass is 504 g/mol. The molecule has 36 heavy (non-hydrogen) atoms. The summed E-state index contributed by atoms with van der Waals surface area (Å²) in [7, 11) is 1.34. The van der Waals surface area contributed by atoms with Crippen molar-refractivity contribution in [2.45, 2.75) is 49.8 Å². The molecule has 5 rings (SSSR count). The van der Waals surface area contributed by atoms with Gasteiger partial charge in [0.1, 0.15) is 5.82 Å². The Bertz CT molecular complexity index is 1280. The average Bonchev–Trinajstić information content (AvgIpc) is 3.59. The van der Waals surface area contributed by atoms with Gasteiger partial charge in [-0.3, -0.25) is 4.79 Å². The van der Waals surface area contributed by atoms with Gasteiger partial charge in [0.2, 0.25) is 0 Å². The molecule has 4 atom stereocenters. The van der Waals surface area contributed by atoms with Gasteiger partial charge < -0.3 is 9.47 Å². The SMILES string of the molecule is COC(=O)[C@H]1CC[C@@]2(C[C@H](c3cc(-n4nnnc4C(F)(F)F)ccc3C)CO2)[C@@H]1c1ccc(F)cc1. The minimum absolute atomic E-state index is 0.130. The maximum atomic E-state index is 13.6. The van der Waals surface area contributed by atoms with Gasteiger partial charge in [0.25, 0.3) is 5.82 Å². The summed E-state index contributed by atoms with van der Waals surface area (Å²) in [6.45, 7) is 2.22. The summed E-state index contributed by atoms with van der Waals surface area (Å²) in [6, 6.07) is 11.0. The first-order chi connectivity index (χ1) is 17.1. The fourth-order valence-electron chi connectivity index (χ4n) is 5.83. The number of tetrazole rings is 1. The van der Waals surface area contributed by atoms with Crippen LogP contribution in [0.2, 0.25) is 0 Å². The zero-order valence-corrected chi connectivity index (χ0v) is 19.6. The second kappa shape index (κ2) is 8.95. The van der Waals surface area contributed by atoms with Gasteiger partial charge in [-0.1, -0.05) is 18.2 Å². The van der Waals surface area contributed by atoms with Gasteiger partial charge in [-0.15, -0.1) is 5.10 Å². The van der Waals surface area contributed by atoms with Crippen molar-refractivity contribution in [2.75, 3.05) is 13.7 Å². The maximum Gasteiger partial charge on any atom is 0.453 e. The van der Waals surface area contributed by atoms with E-state index in [2.05, 4.69) is 15.5 Å². The first-order valence-corrected chi connectivity index (χ1v) is 11.6. The van der Waals surface area contributed by atoms with Crippen LogP contribution in [-0.4, -0.2) is 45.5 Å². The molecule has 0 amide bonds. The Hall–Kier alpha value is -3.34. The molecular weight excluding hydrogens is 480 g/mol. The molecule has 0 radical (unpaired) electrons. The van der Waals surface area contributed by atoms with Crippen molar-refractivity contribution in [2.24, 2.45) is 5.92 Å². The normalized spacial score (nSPS) is 26.0. The Labute approximate surface area is 204 Å². The van der Waals surface area contributed by atoms with Crippen LogP contribution in [0.5, 0.6) is 0 Å². The summed E-state index contributed by atoms with van der Waals surface area (Å²) in [5.74, 6) is -2.83. The first kappa shape index (κ1) is 24.4. The number of ether oxygens (including phenoxy) is 2. The van der Waals surface area contributed by atoms with Crippen molar-refractivity contribution in [3.63, 3.8) is 0 Å². The molecule has 190 valence electrons. The zero-order valence-electron chi connectivity index (χ0n) is 19.6. The zero-order chi connectivity index (χ0) is 25.7. The molecule has 1 saturated carbocycles. The molecule has 1 saturated heterocycles. The van der Waals surface area contributed by atoms with Gasteiger partial charge in [-0.2, -0.15) is 17.9 Å². The molecule has 1 spiro atoms. The summed E-state index contributed by atoms with van der Waals surface area (Å²) < 4.78 is 65.9. The summed E-state index contributed by atoms with van der Waals surface area (Å²) in [5.41, 5.74) is 2.02. The van der Waals surface area contributed by atoms with Crippen LogP contribution in [0.25, 0.3) is 5.69 Å². The van der Waals surface area contributed by atoms with E-state index in [-0.39, 0.29) is 29.3 Å². The number of nitrogens with zero attached hydrogens (tertiary/aromatic N) is 4. The Kier molecular flexibility index (Phi) is 6.06. The number of halogens is 4. The van der Waals surface area contributed by atoms with Crippen molar-refractivity contribution in [3.05, 3.63) is 70.8 Å². The number of hydrogen-bond donors (Lipinski definition) is 0. The number of benzene rings is 2. The highest BCUT2D eigenvalue weighted by Gasteiger charge is 2.56. The van der Waals surface area contributed by atoms with E-state index in [0.29, 0.717) is 30.6 Å². The smallest absolute Gasteiger partial charge is 0.453 e. The van der Waals surface area contributed by atoms with Crippen LogP contribution in [-0.2, 0) is 20.4 Å². The molecule has 7 nitrogen and oxygen atoms in total. The Morgan fingerprint density at radius 1 is 1.19 bits per heavy atom. The standard InChI is InChI=1S/C25H24F4N4O3/c1-14-3-8-18(33-23(25(27,28)29)30-31-32-33)11-20(14)16-12-24(36-13-16)10-9-19(22(34)35-2)21(24)15-4-6-17(26)7-5-15/h3-8,11,16,19,21H,9-10,12-13H2,1-2H3/t16-,19-,21+,24+/m0/s1. The lowest BCUT2D eigenvalue weighted by atomic mass is 9.76. The number of alkyl halides is 3. The molecule has 2 aliphatic rings. The molecule has 1 aliphatic heterocycles. The van der Waals surface area contributed by atoms with Crippen molar-refractivity contribution in [3.8, 4) is 5.69 Å². The number of methoxy groups -OCH3 is 1. The summed E-state index contributed by atoms with van der Waals surface area (Å²) >= 11 is 0. The number of rotatable bonds is 4. The van der Waals surface area contributed by atoms with Crippen LogP contribution in [0.3, 0.4) is 0 Å². The second-order valence-electron chi connectivity index (χ2n) is 9.43. The van der Waals surface area contributed by atoms with Gasteiger partial charge in [-0.05, 0) is 77.6 Å². The maximum absolute atomic E-state index is 13.6. The molecular formula is C25H24F4N4O3. The van der Waals surface area contributed by atoms with Crippen molar-refractivity contribution in [1.29, 1.82) is 0 Å². The third-order valence-electron chi connectivity index (χ3n) is 7.41. The topological polar surface area (TPSA) is 79.1 Å². The van der Waals surface area contributed by atoms with Crippen molar-refractivity contribution in [1.82, 2.24) is 20.2 Å². The van der Waals surface area contributed by atoms with Crippen LogP contribution in [0.1, 0.15) is 53.6 Å². The quantitative estimate of drug-likeness (QED) is 0.377. The minimum Gasteiger partial charge on any atom is -0.469 e. The molecule has 0 N–H and O–H groups in total. The number of aryl methyl sites for hydroxylation is 1. The lowest BCUT2D eigenvalue weighted by Gasteiger charge is -2.33. The van der Waals surface area contributed by atoms with Gasteiger partial charge in [0.05, 0.1) is 30.9 Å². The number of aromatic nitrogens is 4. The molecule has 0 bridgehead atoms. The van der Waals surface area contributed by atoms with Crippen LogP contribution in [0.15, 0.2) is 42.5 Å². The van der Waals surface area contributed by atoms with E-state index < -0.39 is 23.5 Å². The summed E-state index contributed by atoms with van der Waals surface area (Å²) in [4.78, 5) is 12.6. The predicted molar refractivity (Wildman–Crippen MR) is 119 cm³/mol. The molecule has 3 aromatic rings. The van der Waals surface area contributed by atoms with E-state index in [0.717, 1.165) is 16.7 Å². The molecule has 2 heterocycles. The Morgan fingerprint density at radius 2 is 1.94 bits per heavy atom. The van der Waals surface area contributed by atoms with E-state index in [9.17, 15) is 22.4 Å². The van der Waals surface area contributed by atoms with Gasteiger partial charge >= 0.3 is 12.1 Å². The van der Waals surface area contributed by atoms with Crippen molar-refractivity contribution < 1.29 is 31.8 Å². The first-order valence-electron chi connectivity index (χ1n) is 11.6. The van der Waals surface area contributed by atoms with E-state index in [4.69, 9.17) is 9.47 Å².